The third-order valence-corrected chi connectivity index (χ3v) is 5.56. The minimum absolute atomic E-state index is 0.0163. The molecule has 0 aliphatic carbocycles. The number of pyridine rings is 1. The molecule has 184 valence electrons. The average Bonchev–Trinajstić information content (AvgIpc) is 2.90. The Morgan fingerprint density at radius 3 is 2.38 bits per heavy atom. The number of thiocarbonyl (C=S) groups is 1. The molecule has 0 aliphatic rings. The average molecular weight is 512 g/mol. The fraction of sp³-hybridized carbons (Fsp3) is 0.0370. The van der Waals surface area contributed by atoms with Crippen molar-refractivity contribution >= 4 is 63.5 Å². The number of benzene rings is 3. The number of carbonyl (C=O) groups excluding carboxylic acids is 2. The molecule has 37 heavy (non-hydrogen) atoms. The van der Waals surface area contributed by atoms with Crippen LogP contribution in [-0.2, 0) is 0 Å². The summed E-state index contributed by atoms with van der Waals surface area (Å²) in [6.45, 7) is 1.45. The van der Waals surface area contributed by atoms with Gasteiger partial charge in [-0.2, -0.15) is 0 Å². The first-order valence-electron chi connectivity index (χ1n) is 11.1. The lowest BCUT2D eigenvalue weighted by atomic mass is 10.0. The zero-order valence-electron chi connectivity index (χ0n) is 19.6. The molecule has 0 radical (unpaired) electrons. The van der Waals surface area contributed by atoms with Gasteiger partial charge >= 0.3 is 0 Å². The van der Waals surface area contributed by atoms with Crippen molar-refractivity contribution in [3.05, 3.63) is 111 Å². The summed E-state index contributed by atoms with van der Waals surface area (Å²) in [5, 5.41) is 13.9. The Kier molecular flexibility index (Phi) is 7.60. The highest BCUT2D eigenvalue weighted by atomic mass is 32.1. The molecule has 0 fully saturated rings. The summed E-state index contributed by atoms with van der Waals surface area (Å²) in [5.41, 5.74) is 8.76. The van der Waals surface area contributed by atoms with Crippen LogP contribution in [0.15, 0.2) is 78.9 Å². The van der Waals surface area contributed by atoms with E-state index < -0.39 is 10.8 Å². The van der Waals surface area contributed by atoms with Crippen molar-refractivity contribution in [3.8, 4) is 0 Å². The summed E-state index contributed by atoms with van der Waals surface area (Å²) in [5.74, 6) is -0.628. The van der Waals surface area contributed by atoms with E-state index in [4.69, 9.17) is 12.2 Å². The van der Waals surface area contributed by atoms with Crippen molar-refractivity contribution in [1.82, 2.24) is 15.7 Å². The maximum Gasteiger partial charge on any atom is 0.269 e. The maximum atomic E-state index is 13.2. The molecule has 0 aliphatic heterocycles. The smallest absolute Gasteiger partial charge is 0.269 e. The summed E-state index contributed by atoms with van der Waals surface area (Å²) < 4.78 is 0. The predicted octanol–water partition coefficient (Wildman–Crippen LogP) is 5.15. The van der Waals surface area contributed by atoms with Crippen LogP contribution in [0.4, 0.5) is 11.4 Å². The van der Waals surface area contributed by atoms with Crippen LogP contribution in [0, 0.1) is 10.1 Å². The topological polar surface area (TPSA) is 126 Å². The number of Topliss-reactive ketones (excluding diaryl/α,β-unsaturated/α-hetero) is 1. The van der Waals surface area contributed by atoms with Crippen LogP contribution >= 0.6 is 12.2 Å². The number of anilines is 1. The second-order valence-electron chi connectivity index (χ2n) is 7.96. The van der Waals surface area contributed by atoms with E-state index >= 15 is 0 Å². The number of rotatable bonds is 7. The summed E-state index contributed by atoms with van der Waals surface area (Å²) in [4.78, 5) is 40.1. The maximum absolute atomic E-state index is 13.2. The minimum atomic E-state index is -0.498. The minimum Gasteiger partial charge on any atom is -0.299 e. The normalized spacial score (nSPS) is 10.7. The Balaban J connectivity index is 1.57. The molecule has 0 spiro atoms. The van der Waals surface area contributed by atoms with Gasteiger partial charge < -0.3 is 0 Å². The van der Waals surface area contributed by atoms with Crippen molar-refractivity contribution in [2.75, 3.05) is 5.43 Å². The summed E-state index contributed by atoms with van der Waals surface area (Å²) in [6, 6.07) is 22.0. The largest absolute Gasteiger partial charge is 0.299 e. The molecule has 0 bridgehead atoms. The molecular formula is C27H21N5O4S. The van der Waals surface area contributed by atoms with Gasteiger partial charge in [-0.05, 0) is 67.2 Å². The molecule has 0 saturated heterocycles. The van der Waals surface area contributed by atoms with Crippen molar-refractivity contribution in [2.45, 2.75) is 6.92 Å². The van der Waals surface area contributed by atoms with E-state index in [1.54, 1.807) is 30.3 Å². The van der Waals surface area contributed by atoms with Gasteiger partial charge in [-0.3, -0.25) is 35.9 Å². The lowest BCUT2D eigenvalue weighted by molar-refractivity contribution is -0.384. The SMILES string of the molecule is CC(=O)c1ccc2nc(/C=C/c3ccccc3)cc(C(=O)NC(=S)NNc3ccc([N+](=O)[O-])cc3)c2c1. The Morgan fingerprint density at radius 2 is 1.70 bits per heavy atom. The Labute approximate surface area is 217 Å². The number of carbonyl (C=O) groups is 2. The monoisotopic (exact) mass is 511 g/mol. The van der Waals surface area contributed by atoms with Gasteiger partial charge in [-0.25, -0.2) is 4.98 Å². The number of nitrogens with zero attached hydrogens (tertiary/aromatic N) is 2. The summed E-state index contributed by atoms with van der Waals surface area (Å²) >= 11 is 5.24. The third kappa shape index (κ3) is 6.38. The number of hydrazine groups is 1. The highest BCUT2D eigenvalue weighted by Gasteiger charge is 2.15. The molecule has 0 atom stereocenters. The van der Waals surface area contributed by atoms with Gasteiger partial charge in [-0.1, -0.05) is 36.4 Å². The van der Waals surface area contributed by atoms with Crippen LogP contribution < -0.4 is 16.2 Å². The number of aromatic nitrogens is 1. The predicted molar refractivity (Wildman–Crippen MR) is 147 cm³/mol. The summed E-state index contributed by atoms with van der Waals surface area (Å²) in [6.07, 6.45) is 3.69. The van der Waals surface area contributed by atoms with Crippen molar-refractivity contribution in [2.24, 2.45) is 0 Å². The summed E-state index contributed by atoms with van der Waals surface area (Å²) in [7, 11) is 0. The fourth-order valence-corrected chi connectivity index (χ4v) is 3.63. The van der Waals surface area contributed by atoms with Crippen LogP contribution in [0.5, 0.6) is 0 Å². The molecule has 4 aromatic rings. The molecule has 1 heterocycles. The number of nitro groups is 1. The van der Waals surface area contributed by atoms with Crippen molar-refractivity contribution in [3.63, 3.8) is 0 Å². The first-order valence-corrected chi connectivity index (χ1v) is 11.5. The number of fused-ring (bicyclic) bond motifs is 1. The van der Waals surface area contributed by atoms with Crippen LogP contribution in [0.1, 0.15) is 38.9 Å². The third-order valence-electron chi connectivity index (χ3n) is 5.35. The van der Waals surface area contributed by atoms with Crippen molar-refractivity contribution in [1.29, 1.82) is 0 Å². The highest BCUT2D eigenvalue weighted by Crippen LogP contribution is 2.22. The van der Waals surface area contributed by atoms with Crippen LogP contribution in [0.25, 0.3) is 23.1 Å². The van der Waals surface area contributed by atoms with E-state index in [1.807, 2.05) is 36.4 Å². The van der Waals surface area contributed by atoms with E-state index in [9.17, 15) is 19.7 Å². The van der Waals surface area contributed by atoms with Crippen LogP contribution in [-0.4, -0.2) is 26.7 Å². The fourth-order valence-electron chi connectivity index (χ4n) is 3.48. The Morgan fingerprint density at radius 1 is 0.973 bits per heavy atom. The van der Waals surface area contributed by atoms with E-state index in [2.05, 4.69) is 21.2 Å². The molecule has 1 amide bonds. The zero-order chi connectivity index (χ0) is 26.4. The standard InChI is InChI=1S/C27H21N5O4S/c1-17(33)19-8-14-25-23(15-19)24(16-21(28-25)9-7-18-5-3-2-4-6-18)26(34)29-27(37)31-30-20-10-12-22(13-11-20)32(35)36/h2-16,30H,1H3,(H2,29,31,34,37)/b9-7+. The van der Waals surface area contributed by atoms with Gasteiger partial charge in [0.15, 0.2) is 10.9 Å². The number of non-ortho nitro benzene ring substituents is 1. The number of ketones is 1. The number of amides is 1. The van der Waals surface area contributed by atoms with Crippen LogP contribution in [0.3, 0.4) is 0 Å². The quantitative estimate of drug-likeness (QED) is 0.135. The number of hydrogen-bond donors (Lipinski definition) is 3. The van der Waals surface area contributed by atoms with Gasteiger partial charge in [0.05, 0.1) is 27.4 Å². The molecule has 4 rings (SSSR count). The van der Waals surface area contributed by atoms with Gasteiger partial charge in [-0.15, -0.1) is 0 Å². The van der Waals surface area contributed by atoms with E-state index in [1.165, 1.54) is 31.2 Å². The first kappa shape index (κ1) is 25.1. The molecule has 3 N–H and O–H groups in total. The zero-order valence-corrected chi connectivity index (χ0v) is 20.4. The van der Waals surface area contributed by atoms with Gasteiger partial charge in [0.25, 0.3) is 11.6 Å². The molecule has 1 aromatic heterocycles. The highest BCUT2D eigenvalue weighted by molar-refractivity contribution is 7.80. The van der Waals surface area contributed by atoms with Gasteiger partial charge in [0, 0.05) is 23.1 Å². The lowest BCUT2D eigenvalue weighted by Crippen LogP contribution is -2.42. The lowest BCUT2D eigenvalue weighted by Gasteiger charge is -2.13. The molecule has 0 unspecified atom stereocenters. The number of nitro benzene ring substituents is 1. The van der Waals surface area contributed by atoms with E-state index in [0.717, 1.165) is 5.56 Å². The Bertz CT molecular complexity index is 1540. The first-order chi connectivity index (χ1) is 17.8. The number of nitrogens with one attached hydrogen (secondary N) is 3. The van der Waals surface area contributed by atoms with Crippen molar-refractivity contribution < 1.29 is 14.5 Å². The van der Waals surface area contributed by atoms with Gasteiger partial charge in [0.1, 0.15) is 0 Å². The molecule has 10 heteroatoms. The van der Waals surface area contributed by atoms with Crippen LogP contribution in [0.2, 0.25) is 0 Å². The molecule has 9 nitrogen and oxygen atoms in total. The van der Waals surface area contributed by atoms with E-state index in [-0.39, 0.29) is 16.6 Å². The molecular weight excluding hydrogens is 490 g/mol. The second-order valence-corrected chi connectivity index (χ2v) is 8.37. The van der Waals surface area contributed by atoms with E-state index in [0.29, 0.717) is 33.4 Å². The van der Waals surface area contributed by atoms with Gasteiger partial charge in [0.2, 0.25) is 0 Å². The Hall–Kier alpha value is -4.96. The molecule has 3 aromatic carbocycles. The molecule has 0 saturated carbocycles. The number of hydrogen-bond acceptors (Lipinski definition) is 7. The second kappa shape index (κ2) is 11.2.